The van der Waals surface area contributed by atoms with Gasteiger partial charge in [0.1, 0.15) is 0 Å². The number of amides is 1. The van der Waals surface area contributed by atoms with Crippen LogP contribution in [0.25, 0.3) is 17.0 Å². The molecule has 5 heteroatoms. The average Bonchev–Trinajstić information content (AvgIpc) is 2.64. The minimum atomic E-state index is -0.160. The van der Waals surface area contributed by atoms with Crippen molar-refractivity contribution in [2.75, 3.05) is 7.11 Å². The van der Waals surface area contributed by atoms with Crippen LogP contribution in [-0.2, 0) is 11.3 Å². The quantitative estimate of drug-likeness (QED) is 0.734. The van der Waals surface area contributed by atoms with Crippen molar-refractivity contribution in [3.8, 4) is 5.88 Å². The molecule has 3 aromatic rings. The molecule has 2 heterocycles. The van der Waals surface area contributed by atoms with Gasteiger partial charge in [-0.3, -0.25) is 9.78 Å². The molecular formula is C19H17N3O2. The third-order valence-electron chi connectivity index (χ3n) is 3.57. The molecule has 1 amide bonds. The maximum Gasteiger partial charge on any atom is 0.244 e. The largest absolute Gasteiger partial charge is 0.481 e. The number of benzene rings is 1. The van der Waals surface area contributed by atoms with Crippen LogP contribution in [0, 0.1) is 0 Å². The van der Waals surface area contributed by atoms with Gasteiger partial charge in [-0.05, 0) is 35.4 Å². The number of nitrogens with zero attached hydrogens (tertiary/aromatic N) is 2. The highest BCUT2D eigenvalue weighted by atomic mass is 16.5. The van der Waals surface area contributed by atoms with E-state index < -0.39 is 0 Å². The molecule has 0 spiro atoms. The van der Waals surface area contributed by atoms with E-state index in [4.69, 9.17) is 4.74 Å². The van der Waals surface area contributed by atoms with Gasteiger partial charge in [-0.15, -0.1) is 0 Å². The number of carbonyl (C=O) groups is 1. The summed E-state index contributed by atoms with van der Waals surface area (Å²) in [5, 5.41) is 3.86. The number of hydrogen-bond acceptors (Lipinski definition) is 4. The number of nitrogens with one attached hydrogen (secondary N) is 1. The van der Waals surface area contributed by atoms with Gasteiger partial charge in [-0.1, -0.05) is 18.2 Å². The Kier molecular flexibility index (Phi) is 4.81. The van der Waals surface area contributed by atoms with Crippen molar-refractivity contribution in [2.45, 2.75) is 6.54 Å². The van der Waals surface area contributed by atoms with Crippen LogP contribution in [0.4, 0.5) is 0 Å². The number of ether oxygens (including phenoxy) is 1. The molecule has 0 fully saturated rings. The zero-order chi connectivity index (χ0) is 16.8. The van der Waals surface area contributed by atoms with Crippen LogP contribution in [0.1, 0.15) is 11.1 Å². The molecule has 0 saturated carbocycles. The lowest BCUT2D eigenvalue weighted by Gasteiger charge is -2.04. The summed E-state index contributed by atoms with van der Waals surface area (Å²) >= 11 is 0. The molecule has 0 saturated heterocycles. The summed E-state index contributed by atoms with van der Waals surface area (Å²) in [7, 11) is 1.56. The van der Waals surface area contributed by atoms with E-state index in [1.54, 1.807) is 31.6 Å². The average molecular weight is 319 g/mol. The minimum Gasteiger partial charge on any atom is -0.481 e. The monoisotopic (exact) mass is 319 g/mol. The van der Waals surface area contributed by atoms with Gasteiger partial charge in [0.05, 0.1) is 12.6 Å². The standard InChI is InChI=1S/C19H17N3O2/c1-24-19-12-14(8-10-21-19)13-22-18(23)7-6-15-9-11-20-17-5-3-2-4-16(15)17/h2-12H,13H2,1H3,(H,22,23)/b7-6-. The highest BCUT2D eigenvalue weighted by molar-refractivity contribution is 5.95. The fourth-order valence-corrected chi connectivity index (χ4v) is 2.35. The second-order valence-corrected chi connectivity index (χ2v) is 5.17. The molecule has 0 bridgehead atoms. The van der Waals surface area contributed by atoms with Crippen LogP contribution < -0.4 is 10.1 Å². The highest BCUT2D eigenvalue weighted by Crippen LogP contribution is 2.17. The van der Waals surface area contributed by atoms with Crippen molar-refractivity contribution in [1.29, 1.82) is 0 Å². The van der Waals surface area contributed by atoms with Crippen molar-refractivity contribution in [2.24, 2.45) is 0 Å². The summed E-state index contributed by atoms with van der Waals surface area (Å²) in [6.45, 7) is 0.416. The normalized spacial score (nSPS) is 10.9. The second-order valence-electron chi connectivity index (χ2n) is 5.17. The number of rotatable bonds is 5. The first-order valence-electron chi connectivity index (χ1n) is 7.55. The fraction of sp³-hybridized carbons (Fsp3) is 0.105. The molecule has 3 rings (SSSR count). The van der Waals surface area contributed by atoms with Gasteiger partial charge in [0.15, 0.2) is 0 Å². The van der Waals surface area contributed by atoms with Gasteiger partial charge in [-0.25, -0.2) is 4.98 Å². The van der Waals surface area contributed by atoms with Crippen LogP contribution in [0.3, 0.4) is 0 Å². The molecule has 120 valence electrons. The van der Waals surface area contributed by atoms with Crippen LogP contribution in [-0.4, -0.2) is 23.0 Å². The molecule has 0 unspecified atom stereocenters. The van der Waals surface area contributed by atoms with E-state index in [0.29, 0.717) is 12.4 Å². The van der Waals surface area contributed by atoms with E-state index in [-0.39, 0.29) is 5.91 Å². The van der Waals surface area contributed by atoms with E-state index in [9.17, 15) is 4.79 Å². The predicted octanol–water partition coefficient (Wildman–Crippen LogP) is 2.97. The van der Waals surface area contributed by atoms with Gasteiger partial charge in [0.2, 0.25) is 11.8 Å². The van der Waals surface area contributed by atoms with Crippen molar-refractivity contribution in [3.63, 3.8) is 0 Å². The molecule has 24 heavy (non-hydrogen) atoms. The molecule has 5 nitrogen and oxygen atoms in total. The summed E-state index contributed by atoms with van der Waals surface area (Å²) in [5.74, 6) is 0.368. The summed E-state index contributed by atoms with van der Waals surface area (Å²) in [5.41, 5.74) is 2.79. The lowest BCUT2D eigenvalue weighted by atomic mass is 10.1. The highest BCUT2D eigenvalue weighted by Gasteiger charge is 2.01. The Bertz CT molecular complexity index is 885. The molecule has 0 atom stereocenters. The first-order valence-corrected chi connectivity index (χ1v) is 7.55. The maximum atomic E-state index is 12.0. The van der Waals surface area contributed by atoms with Crippen LogP contribution in [0.5, 0.6) is 5.88 Å². The van der Waals surface area contributed by atoms with E-state index >= 15 is 0 Å². The SMILES string of the molecule is COc1cc(CNC(=O)/C=C\c2ccnc3ccccc23)ccn1. The third-order valence-corrected chi connectivity index (χ3v) is 3.57. The van der Waals surface area contributed by atoms with Gasteiger partial charge in [0, 0.05) is 36.5 Å². The van der Waals surface area contributed by atoms with E-state index in [1.165, 1.54) is 6.08 Å². The Morgan fingerprint density at radius 3 is 2.88 bits per heavy atom. The molecule has 1 N–H and O–H groups in total. The Hall–Kier alpha value is -3.21. The Morgan fingerprint density at radius 2 is 2.00 bits per heavy atom. The number of hydrogen-bond donors (Lipinski definition) is 1. The number of para-hydroxylation sites is 1. The lowest BCUT2D eigenvalue weighted by molar-refractivity contribution is -0.116. The lowest BCUT2D eigenvalue weighted by Crippen LogP contribution is -2.20. The first-order chi connectivity index (χ1) is 11.8. The van der Waals surface area contributed by atoms with Crippen LogP contribution in [0.2, 0.25) is 0 Å². The number of carbonyl (C=O) groups excluding carboxylic acids is 1. The number of pyridine rings is 2. The van der Waals surface area contributed by atoms with Crippen molar-refractivity contribution < 1.29 is 9.53 Å². The Balaban J connectivity index is 1.66. The predicted molar refractivity (Wildman–Crippen MR) is 93.4 cm³/mol. The Morgan fingerprint density at radius 1 is 1.17 bits per heavy atom. The van der Waals surface area contributed by atoms with Crippen LogP contribution >= 0.6 is 0 Å². The van der Waals surface area contributed by atoms with Gasteiger partial charge in [0.25, 0.3) is 0 Å². The van der Waals surface area contributed by atoms with E-state index in [2.05, 4.69) is 15.3 Å². The fourth-order valence-electron chi connectivity index (χ4n) is 2.35. The number of methoxy groups -OCH3 is 1. The summed E-state index contributed by atoms with van der Waals surface area (Å²) in [6, 6.07) is 13.4. The molecule has 0 aliphatic heterocycles. The minimum absolute atomic E-state index is 0.160. The summed E-state index contributed by atoms with van der Waals surface area (Å²) < 4.78 is 5.06. The first kappa shape index (κ1) is 15.7. The smallest absolute Gasteiger partial charge is 0.244 e. The third kappa shape index (κ3) is 3.76. The Labute approximate surface area is 140 Å². The van der Waals surface area contributed by atoms with Gasteiger partial charge in [-0.2, -0.15) is 0 Å². The van der Waals surface area contributed by atoms with Gasteiger partial charge < -0.3 is 10.1 Å². The second kappa shape index (κ2) is 7.37. The summed E-state index contributed by atoms with van der Waals surface area (Å²) in [6.07, 6.45) is 6.72. The zero-order valence-corrected chi connectivity index (χ0v) is 13.3. The number of fused-ring (bicyclic) bond motifs is 1. The van der Waals surface area contributed by atoms with E-state index in [1.807, 2.05) is 36.4 Å². The van der Waals surface area contributed by atoms with E-state index in [0.717, 1.165) is 22.0 Å². The van der Waals surface area contributed by atoms with Crippen molar-refractivity contribution >= 4 is 22.9 Å². The molecule has 0 aliphatic carbocycles. The van der Waals surface area contributed by atoms with Crippen molar-refractivity contribution in [3.05, 3.63) is 72.1 Å². The topological polar surface area (TPSA) is 64.1 Å². The van der Waals surface area contributed by atoms with Crippen molar-refractivity contribution in [1.82, 2.24) is 15.3 Å². The molecule has 0 aliphatic rings. The molecule has 0 radical (unpaired) electrons. The zero-order valence-electron chi connectivity index (χ0n) is 13.3. The maximum absolute atomic E-state index is 12.0. The van der Waals surface area contributed by atoms with Gasteiger partial charge >= 0.3 is 0 Å². The molecular weight excluding hydrogens is 302 g/mol. The van der Waals surface area contributed by atoms with Crippen LogP contribution in [0.15, 0.2) is 60.9 Å². The number of aromatic nitrogens is 2. The summed E-state index contributed by atoms with van der Waals surface area (Å²) in [4.78, 5) is 20.4. The molecule has 1 aromatic carbocycles. The molecule has 2 aromatic heterocycles.